The van der Waals surface area contributed by atoms with Gasteiger partial charge in [0.05, 0.1) is 6.54 Å². The zero-order valence-electron chi connectivity index (χ0n) is 10.5. The predicted molar refractivity (Wildman–Crippen MR) is 70.3 cm³/mol. The second-order valence-electron chi connectivity index (χ2n) is 4.52. The van der Waals surface area contributed by atoms with Crippen molar-refractivity contribution in [3.05, 3.63) is 42.0 Å². The molecule has 0 atom stereocenters. The van der Waals surface area contributed by atoms with Crippen molar-refractivity contribution in [2.75, 3.05) is 18.5 Å². The molecule has 2 heterocycles. The molecule has 1 aliphatic heterocycles. The van der Waals surface area contributed by atoms with Gasteiger partial charge in [-0.25, -0.2) is 0 Å². The second-order valence-corrected chi connectivity index (χ2v) is 4.52. The van der Waals surface area contributed by atoms with Crippen molar-refractivity contribution in [2.24, 2.45) is 0 Å². The summed E-state index contributed by atoms with van der Waals surface area (Å²) in [5.41, 5.74) is 2.62. The lowest BCUT2D eigenvalue weighted by atomic mass is 10.1. The Morgan fingerprint density at radius 2 is 2.17 bits per heavy atom. The number of fused-ring (bicyclic) bond motifs is 1. The number of rotatable bonds is 3. The van der Waals surface area contributed by atoms with E-state index in [0.29, 0.717) is 0 Å². The number of nitrogens with zero attached hydrogens (tertiary/aromatic N) is 4. The van der Waals surface area contributed by atoms with Gasteiger partial charge in [0.2, 0.25) is 0 Å². The van der Waals surface area contributed by atoms with Gasteiger partial charge < -0.3 is 14.8 Å². The molecule has 18 heavy (non-hydrogen) atoms. The van der Waals surface area contributed by atoms with E-state index in [1.165, 1.54) is 11.3 Å². The van der Waals surface area contributed by atoms with Crippen molar-refractivity contribution in [1.29, 1.82) is 0 Å². The van der Waals surface area contributed by atoms with Crippen LogP contribution in [0.1, 0.15) is 11.4 Å². The molecule has 0 aliphatic carbocycles. The summed E-state index contributed by atoms with van der Waals surface area (Å²) in [6, 6.07) is 8.53. The van der Waals surface area contributed by atoms with Crippen LogP contribution in [0.2, 0.25) is 0 Å². The second kappa shape index (κ2) is 4.78. The lowest BCUT2D eigenvalue weighted by molar-refractivity contribution is 0.558. The minimum absolute atomic E-state index is 0.834. The third-order valence-corrected chi connectivity index (χ3v) is 3.34. The molecule has 0 amide bonds. The summed E-state index contributed by atoms with van der Waals surface area (Å²) in [7, 11) is 1.98. The van der Waals surface area contributed by atoms with Gasteiger partial charge in [-0.05, 0) is 18.7 Å². The molecule has 1 aliphatic rings. The molecule has 94 valence electrons. The van der Waals surface area contributed by atoms with Crippen molar-refractivity contribution in [2.45, 2.75) is 19.6 Å². The molecule has 0 saturated heterocycles. The summed E-state index contributed by atoms with van der Waals surface area (Å²) in [4.78, 5) is 2.37. The predicted octanol–water partition coefficient (Wildman–Crippen LogP) is 1.02. The largest absolute Gasteiger partial charge is 0.362 e. The van der Waals surface area contributed by atoms with E-state index in [1.807, 2.05) is 13.4 Å². The maximum Gasteiger partial charge on any atom is 0.152 e. The van der Waals surface area contributed by atoms with E-state index in [0.717, 1.165) is 32.0 Å². The number of aromatic nitrogens is 3. The SMILES string of the molecule is CNCc1ccccc1N1CCn2cnnc2C1. The maximum atomic E-state index is 4.16. The minimum atomic E-state index is 0.834. The third kappa shape index (κ3) is 1.97. The molecule has 5 heteroatoms. The number of anilines is 1. The Morgan fingerprint density at radius 1 is 1.28 bits per heavy atom. The molecule has 1 N–H and O–H groups in total. The van der Waals surface area contributed by atoms with Crippen LogP contribution in [0.25, 0.3) is 0 Å². The fourth-order valence-electron chi connectivity index (χ4n) is 2.43. The Bertz CT molecular complexity index is 534. The van der Waals surface area contributed by atoms with E-state index in [2.05, 4.69) is 49.2 Å². The van der Waals surface area contributed by atoms with Crippen LogP contribution >= 0.6 is 0 Å². The first-order valence-electron chi connectivity index (χ1n) is 6.22. The van der Waals surface area contributed by atoms with Crippen LogP contribution in [0, 0.1) is 0 Å². The Kier molecular flexibility index (Phi) is 2.98. The monoisotopic (exact) mass is 243 g/mol. The van der Waals surface area contributed by atoms with Crippen LogP contribution < -0.4 is 10.2 Å². The molecule has 1 aromatic carbocycles. The smallest absolute Gasteiger partial charge is 0.152 e. The zero-order chi connectivity index (χ0) is 12.4. The average molecular weight is 243 g/mol. The number of benzene rings is 1. The highest BCUT2D eigenvalue weighted by Gasteiger charge is 2.19. The van der Waals surface area contributed by atoms with E-state index >= 15 is 0 Å². The average Bonchev–Trinajstić information content (AvgIpc) is 2.87. The van der Waals surface area contributed by atoms with Gasteiger partial charge in [0.1, 0.15) is 6.33 Å². The van der Waals surface area contributed by atoms with Crippen LogP contribution in [0.5, 0.6) is 0 Å². The quantitative estimate of drug-likeness (QED) is 0.874. The lowest BCUT2D eigenvalue weighted by Crippen LogP contribution is -2.34. The summed E-state index contributed by atoms with van der Waals surface area (Å²) in [5.74, 6) is 1.04. The molecule has 0 saturated carbocycles. The summed E-state index contributed by atoms with van der Waals surface area (Å²) in [6.07, 6.45) is 1.81. The molecule has 0 spiro atoms. The molecule has 0 unspecified atom stereocenters. The van der Waals surface area contributed by atoms with Crippen molar-refractivity contribution in [1.82, 2.24) is 20.1 Å². The number of nitrogens with one attached hydrogen (secondary N) is 1. The Morgan fingerprint density at radius 3 is 3.06 bits per heavy atom. The Labute approximate surface area is 106 Å². The fourth-order valence-corrected chi connectivity index (χ4v) is 2.43. The number of para-hydroxylation sites is 1. The maximum absolute atomic E-state index is 4.16. The standard InChI is InChI=1S/C13H17N5/c1-14-8-11-4-2-3-5-12(11)17-6-7-18-10-15-16-13(18)9-17/h2-5,10,14H,6-9H2,1H3. The first kappa shape index (κ1) is 11.2. The lowest BCUT2D eigenvalue weighted by Gasteiger charge is -2.30. The van der Waals surface area contributed by atoms with Crippen LogP contribution in [0.3, 0.4) is 0 Å². The van der Waals surface area contributed by atoms with Crippen molar-refractivity contribution >= 4 is 5.69 Å². The normalized spacial score (nSPS) is 14.6. The first-order valence-corrected chi connectivity index (χ1v) is 6.22. The van der Waals surface area contributed by atoms with Crippen LogP contribution in [-0.4, -0.2) is 28.4 Å². The molecule has 0 bridgehead atoms. The van der Waals surface area contributed by atoms with Crippen LogP contribution in [0.15, 0.2) is 30.6 Å². The molecule has 0 radical (unpaired) electrons. The van der Waals surface area contributed by atoms with Gasteiger partial charge in [-0.3, -0.25) is 0 Å². The highest BCUT2D eigenvalue weighted by Crippen LogP contribution is 2.23. The van der Waals surface area contributed by atoms with Gasteiger partial charge in [-0.2, -0.15) is 0 Å². The highest BCUT2D eigenvalue weighted by atomic mass is 15.3. The molecule has 2 aromatic rings. The van der Waals surface area contributed by atoms with Gasteiger partial charge in [0, 0.05) is 25.3 Å². The van der Waals surface area contributed by atoms with Crippen LogP contribution in [-0.2, 0) is 19.6 Å². The summed E-state index contributed by atoms with van der Waals surface area (Å²) < 4.78 is 2.12. The first-order chi connectivity index (χ1) is 8.88. The van der Waals surface area contributed by atoms with E-state index in [1.54, 1.807) is 0 Å². The van der Waals surface area contributed by atoms with Crippen molar-refractivity contribution in [3.63, 3.8) is 0 Å². The van der Waals surface area contributed by atoms with E-state index in [4.69, 9.17) is 0 Å². The van der Waals surface area contributed by atoms with Crippen molar-refractivity contribution < 1.29 is 0 Å². The number of hydrogen-bond donors (Lipinski definition) is 1. The van der Waals surface area contributed by atoms with Gasteiger partial charge in [-0.15, -0.1) is 10.2 Å². The Balaban J connectivity index is 1.88. The number of hydrogen-bond acceptors (Lipinski definition) is 4. The zero-order valence-corrected chi connectivity index (χ0v) is 10.5. The van der Waals surface area contributed by atoms with E-state index < -0.39 is 0 Å². The molecule has 1 aromatic heterocycles. The summed E-state index contributed by atoms with van der Waals surface area (Å²) >= 11 is 0. The van der Waals surface area contributed by atoms with Gasteiger partial charge in [-0.1, -0.05) is 18.2 Å². The molecular formula is C13H17N5. The van der Waals surface area contributed by atoms with Gasteiger partial charge >= 0.3 is 0 Å². The van der Waals surface area contributed by atoms with Gasteiger partial charge in [0.15, 0.2) is 5.82 Å². The van der Waals surface area contributed by atoms with Crippen LogP contribution in [0.4, 0.5) is 5.69 Å². The summed E-state index contributed by atoms with van der Waals surface area (Å²) in [5, 5.41) is 11.3. The fraction of sp³-hybridized carbons (Fsp3) is 0.385. The molecule has 5 nitrogen and oxygen atoms in total. The van der Waals surface area contributed by atoms with Gasteiger partial charge in [0.25, 0.3) is 0 Å². The molecule has 0 fully saturated rings. The topological polar surface area (TPSA) is 46.0 Å². The van der Waals surface area contributed by atoms with Crippen molar-refractivity contribution in [3.8, 4) is 0 Å². The van der Waals surface area contributed by atoms with E-state index in [-0.39, 0.29) is 0 Å². The minimum Gasteiger partial charge on any atom is -0.362 e. The van der Waals surface area contributed by atoms with E-state index in [9.17, 15) is 0 Å². The summed E-state index contributed by atoms with van der Waals surface area (Å²) in [6.45, 7) is 3.68. The third-order valence-electron chi connectivity index (χ3n) is 3.34. The molecular weight excluding hydrogens is 226 g/mol. The molecule has 3 rings (SSSR count). The Hall–Kier alpha value is -1.88. The highest BCUT2D eigenvalue weighted by molar-refractivity contribution is 5.54.